The lowest BCUT2D eigenvalue weighted by atomic mass is 10.3. The van der Waals surface area contributed by atoms with E-state index in [-0.39, 0.29) is 16.9 Å². The molecule has 0 amide bonds. The lowest BCUT2D eigenvalue weighted by molar-refractivity contribution is 0.0170. The first kappa shape index (κ1) is 19.6. The second kappa shape index (κ2) is 7.03. The monoisotopic (exact) mass is 400 g/mol. The lowest BCUT2D eigenvalue weighted by Crippen LogP contribution is -2.41. The van der Waals surface area contributed by atoms with Crippen molar-refractivity contribution in [2.75, 3.05) is 13.1 Å². The Kier molecular flexibility index (Phi) is 6.88. The number of sulfonamides is 1. The van der Waals surface area contributed by atoms with E-state index in [1.807, 2.05) is 0 Å². The normalized spacial score (nSPS) is 12.1. The fourth-order valence-corrected chi connectivity index (χ4v) is 2.70. The van der Waals surface area contributed by atoms with Gasteiger partial charge in [0.05, 0.1) is 17.6 Å². The maximum atomic E-state index is 13.3. The van der Waals surface area contributed by atoms with E-state index in [4.69, 9.17) is 5.73 Å². The molecule has 0 aliphatic heterocycles. The molecule has 0 aromatic heterocycles. The highest BCUT2D eigenvalue weighted by Crippen LogP contribution is 2.23. The minimum absolute atomic E-state index is 0. The maximum Gasteiger partial charge on any atom is 0.273 e. The van der Waals surface area contributed by atoms with Crippen LogP contribution in [0, 0.1) is 11.6 Å². The SMILES string of the molecule is Cl.NCC(F)(F)CNS(=O)(=O)c1cc(Br)c(F)cc1F. The molecule has 0 radical (unpaired) electrons. The molecular weight excluding hydrogens is 392 g/mol. The Hall–Kier alpha value is -0.420. The predicted molar refractivity (Wildman–Crippen MR) is 70.5 cm³/mol. The van der Waals surface area contributed by atoms with E-state index in [0.29, 0.717) is 12.1 Å². The standard InChI is InChI=1S/C9H9BrF4N2O2S.ClH/c10-5-1-8(7(12)2-6(5)11)19(17,18)16-4-9(13,14)3-15;/h1-2,16H,3-4,15H2;1H. The Morgan fingerprint density at radius 1 is 1.25 bits per heavy atom. The van der Waals surface area contributed by atoms with Crippen molar-refractivity contribution in [3.63, 3.8) is 0 Å². The van der Waals surface area contributed by atoms with Crippen molar-refractivity contribution < 1.29 is 26.0 Å². The molecule has 11 heteroatoms. The van der Waals surface area contributed by atoms with Crippen molar-refractivity contribution in [1.82, 2.24) is 4.72 Å². The summed E-state index contributed by atoms with van der Waals surface area (Å²) in [5.41, 5.74) is 4.73. The number of rotatable bonds is 5. The third kappa shape index (κ3) is 4.85. The fourth-order valence-electron chi connectivity index (χ4n) is 1.06. The number of hydrogen-bond donors (Lipinski definition) is 2. The van der Waals surface area contributed by atoms with E-state index < -0.39 is 45.6 Å². The summed E-state index contributed by atoms with van der Waals surface area (Å²) in [4.78, 5) is -0.936. The van der Waals surface area contributed by atoms with Crippen molar-refractivity contribution in [1.29, 1.82) is 0 Å². The maximum absolute atomic E-state index is 13.3. The number of nitrogens with two attached hydrogens (primary N) is 1. The smallest absolute Gasteiger partial charge is 0.273 e. The third-order valence-corrected chi connectivity index (χ3v) is 4.11. The van der Waals surface area contributed by atoms with Crippen LogP contribution in [0.25, 0.3) is 0 Å². The topological polar surface area (TPSA) is 72.2 Å². The highest BCUT2D eigenvalue weighted by molar-refractivity contribution is 9.10. The molecule has 1 aromatic carbocycles. The summed E-state index contributed by atoms with van der Waals surface area (Å²) in [7, 11) is -4.53. The van der Waals surface area contributed by atoms with Gasteiger partial charge in [-0.3, -0.25) is 0 Å². The van der Waals surface area contributed by atoms with Crippen LogP contribution < -0.4 is 10.5 Å². The molecule has 0 fully saturated rings. The largest absolute Gasteiger partial charge is 0.325 e. The zero-order valence-corrected chi connectivity index (χ0v) is 12.9. The molecule has 20 heavy (non-hydrogen) atoms. The van der Waals surface area contributed by atoms with Gasteiger partial charge in [0, 0.05) is 6.07 Å². The van der Waals surface area contributed by atoms with Crippen molar-refractivity contribution in [2.24, 2.45) is 5.73 Å². The predicted octanol–water partition coefficient (Wildman–Crippen LogP) is 2.02. The molecule has 116 valence electrons. The van der Waals surface area contributed by atoms with Crippen LogP contribution in [0.4, 0.5) is 17.6 Å². The highest BCUT2D eigenvalue weighted by Gasteiger charge is 2.30. The Balaban J connectivity index is 0.00000361. The summed E-state index contributed by atoms with van der Waals surface area (Å²) in [5.74, 6) is -5.85. The molecule has 0 unspecified atom stereocenters. The summed E-state index contributed by atoms with van der Waals surface area (Å²) < 4.78 is 76.4. The molecule has 0 bridgehead atoms. The summed E-state index contributed by atoms with van der Waals surface area (Å²) in [6.45, 7) is -2.34. The van der Waals surface area contributed by atoms with Crippen LogP contribution in [0.15, 0.2) is 21.5 Å². The first-order valence-electron chi connectivity index (χ1n) is 4.81. The second-order valence-corrected chi connectivity index (χ2v) is 6.17. The van der Waals surface area contributed by atoms with Crippen LogP contribution in [0.2, 0.25) is 0 Å². The van der Waals surface area contributed by atoms with Crippen LogP contribution in [0.1, 0.15) is 0 Å². The van der Waals surface area contributed by atoms with Gasteiger partial charge in [-0.05, 0) is 22.0 Å². The molecule has 4 nitrogen and oxygen atoms in total. The van der Waals surface area contributed by atoms with Crippen LogP contribution in [-0.4, -0.2) is 27.4 Å². The van der Waals surface area contributed by atoms with Gasteiger partial charge >= 0.3 is 0 Å². The Morgan fingerprint density at radius 3 is 2.30 bits per heavy atom. The first-order valence-corrected chi connectivity index (χ1v) is 7.09. The Labute approximate surface area is 127 Å². The molecule has 0 saturated carbocycles. The van der Waals surface area contributed by atoms with E-state index in [2.05, 4.69) is 15.9 Å². The quantitative estimate of drug-likeness (QED) is 0.586. The summed E-state index contributed by atoms with van der Waals surface area (Å²) >= 11 is 2.67. The molecule has 0 atom stereocenters. The highest BCUT2D eigenvalue weighted by atomic mass is 79.9. The van der Waals surface area contributed by atoms with E-state index >= 15 is 0 Å². The molecule has 0 spiro atoms. The van der Waals surface area contributed by atoms with Gasteiger partial charge in [0.25, 0.3) is 5.92 Å². The third-order valence-electron chi connectivity index (χ3n) is 2.08. The number of benzene rings is 1. The van der Waals surface area contributed by atoms with E-state index in [0.717, 1.165) is 0 Å². The minimum atomic E-state index is -4.53. The number of alkyl halides is 2. The van der Waals surface area contributed by atoms with Gasteiger partial charge in [0.1, 0.15) is 16.5 Å². The van der Waals surface area contributed by atoms with E-state index in [1.54, 1.807) is 0 Å². The Morgan fingerprint density at radius 2 is 1.80 bits per heavy atom. The van der Waals surface area contributed by atoms with E-state index in [1.165, 1.54) is 4.72 Å². The average Bonchev–Trinajstić information content (AvgIpc) is 2.31. The summed E-state index contributed by atoms with van der Waals surface area (Å²) in [6, 6.07) is 0.979. The molecule has 3 N–H and O–H groups in total. The number of hydrogen-bond acceptors (Lipinski definition) is 3. The second-order valence-electron chi connectivity index (χ2n) is 3.58. The van der Waals surface area contributed by atoms with Crippen molar-refractivity contribution >= 4 is 38.4 Å². The van der Waals surface area contributed by atoms with Crippen molar-refractivity contribution in [3.05, 3.63) is 28.2 Å². The first-order chi connectivity index (χ1) is 8.59. The van der Waals surface area contributed by atoms with Gasteiger partial charge in [-0.25, -0.2) is 30.7 Å². The Bertz CT molecular complexity index is 586. The van der Waals surface area contributed by atoms with Crippen molar-refractivity contribution in [2.45, 2.75) is 10.8 Å². The van der Waals surface area contributed by atoms with Crippen LogP contribution >= 0.6 is 28.3 Å². The molecular formula is C9H10BrClF4N2O2S. The average molecular weight is 402 g/mol. The van der Waals surface area contributed by atoms with Gasteiger partial charge in [-0.15, -0.1) is 12.4 Å². The van der Waals surface area contributed by atoms with Crippen molar-refractivity contribution in [3.8, 4) is 0 Å². The lowest BCUT2D eigenvalue weighted by Gasteiger charge is -2.15. The van der Waals surface area contributed by atoms with Gasteiger partial charge in [0.15, 0.2) is 0 Å². The van der Waals surface area contributed by atoms with Gasteiger partial charge in [-0.2, -0.15) is 0 Å². The molecule has 0 aliphatic carbocycles. The molecule has 1 rings (SSSR count). The molecule has 0 heterocycles. The van der Waals surface area contributed by atoms with Gasteiger partial charge < -0.3 is 5.73 Å². The van der Waals surface area contributed by atoms with Crippen LogP contribution in [0.3, 0.4) is 0 Å². The zero-order chi connectivity index (χ0) is 14.8. The van der Waals surface area contributed by atoms with Crippen LogP contribution in [0.5, 0.6) is 0 Å². The minimum Gasteiger partial charge on any atom is -0.325 e. The molecule has 0 saturated heterocycles. The molecule has 0 aliphatic rings. The fraction of sp³-hybridized carbons (Fsp3) is 0.333. The molecule has 1 aromatic rings. The van der Waals surface area contributed by atoms with E-state index in [9.17, 15) is 26.0 Å². The number of halogens is 6. The number of nitrogens with one attached hydrogen (secondary N) is 1. The van der Waals surface area contributed by atoms with Gasteiger partial charge in [-0.1, -0.05) is 0 Å². The summed E-state index contributed by atoms with van der Waals surface area (Å²) in [5, 5.41) is 0. The van der Waals surface area contributed by atoms with Crippen LogP contribution in [-0.2, 0) is 10.0 Å². The van der Waals surface area contributed by atoms with Gasteiger partial charge in [0.2, 0.25) is 10.0 Å². The zero-order valence-electron chi connectivity index (χ0n) is 9.67. The summed E-state index contributed by atoms with van der Waals surface area (Å²) in [6.07, 6.45) is 0.